The van der Waals surface area contributed by atoms with Gasteiger partial charge < -0.3 is 4.98 Å². The quantitative estimate of drug-likeness (QED) is 0.736. The Kier molecular flexibility index (Phi) is 2.48. The first-order valence-corrected chi connectivity index (χ1v) is 5.03. The fourth-order valence-electron chi connectivity index (χ4n) is 1.86. The zero-order valence-electron chi connectivity index (χ0n) is 8.34. The fraction of sp³-hybridized carbons (Fsp3) is 0.455. The van der Waals surface area contributed by atoms with E-state index in [9.17, 15) is 4.79 Å². The first kappa shape index (κ1) is 9.19. The Balaban J connectivity index is 2.44. The highest BCUT2D eigenvalue weighted by Gasteiger charge is 2.09. The molecule has 3 heteroatoms. The van der Waals surface area contributed by atoms with Crippen LogP contribution in [0.5, 0.6) is 0 Å². The van der Waals surface area contributed by atoms with E-state index < -0.39 is 0 Å². The Morgan fingerprint density at radius 1 is 1.43 bits per heavy atom. The van der Waals surface area contributed by atoms with Gasteiger partial charge in [-0.15, -0.1) is 0 Å². The molecule has 1 aromatic heterocycles. The van der Waals surface area contributed by atoms with Crippen LogP contribution in [0.15, 0.2) is 17.1 Å². The first-order valence-electron chi connectivity index (χ1n) is 5.03. The highest BCUT2D eigenvalue weighted by molar-refractivity contribution is 5.65. The zero-order chi connectivity index (χ0) is 9.97. The minimum atomic E-state index is -0.253. The second kappa shape index (κ2) is 3.78. The van der Waals surface area contributed by atoms with Crippen LogP contribution in [-0.2, 0) is 0 Å². The molecule has 0 aliphatic heterocycles. The fourth-order valence-corrected chi connectivity index (χ4v) is 1.86. The van der Waals surface area contributed by atoms with Gasteiger partial charge in [0.2, 0.25) is 0 Å². The Hall–Kier alpha value is -1.38. The third-order valence-electron chi connectivity index (χ3n) is 2.61. The summed E-state index contributed by atoms with van der Waals surface area (Å²) in [6.07, 6.45) is 8.54. The molecule has 74 valence electrons. The molecule has 0 atom stereocenters. The molecule has 1 aliphatic carbocycles. The molecule has 0 spiro atoms. The van der Waals surface area contributed by atoms with E-state index in [0.717, 1.165) is 24.1 Å². The van der Waals surface area contributed by atoms with Crippen molar-refractivity contribution in [2.45, 2.75) is 32.6 Å². The summed E-state index contributed by atoms with van der Waals surface area (Å²) in [5, 5.41) is 0. The van der Waals surface area contributed by atoms with Crippen molar-refractivity contribution in [1.29, 1.82) is 0 Å². The average molecular weight is 190 g/mol. The number of rotatable bonds is 1. The summed E-state index contributed by atoms with van der Waals surface area (Å²) in [5.41, 5.74) is 3.05. The molecular formula is C11H14N2O. The predicted octanol–water partition coefficient (Wildman–Crippen LogP) is 2.04. The van der Waals surface area contributed by atoms with Crippen LogP contribution in [0.25, 0.3) is 5.57 Å². The van der Waals surface area contributed by atoms with Crippen LogP contribution >= 0.6 is 0 Å². The maximum atomic E-state index is 11.1. The molecule has 0 amide bonds. The van der Waals surface area contributed by atoms with Gasteiger partial charge in [0.25, 0.3) is 0 Å². The molecule has 0 saturated carbocycles. The number of aromatic nitrogens is 2. The molecule has 0 unspecified atom stereocenters. The van der Waals surface area contributed by atoms with Gasteiger partial charge in [0.15, 0.2) is 0 Å². The van der Waals surface area contributed by atoms with E-state index in [0.29, 0.717) is 0 Å². The number of hydrogen-bond acceptors (Lipinski definition) is 2. The topological polar surface area (TPSA) is 45.8 Å². The second-order valence-corrected chi connectivity index (χ2v) is 3.72. The number of nitrogens with one attached hydrogen (secondary N) is 1. The third kappa shape index (κ3) is 1.76. The summed E-state index contributed by atoms with van der Waals surface area (Å²) < 4.78 is 0. The lowest BCUT2D eigenvalue weighted by Crippen LogP contribution is -2.13. The monoisotopic (exact) mass is 190 g/mol. The highest BCUT2D eigenvalue weighted by atomic mass is 16.1. The standard InChI is InChI=1S/C11H14N2O/c1-8-7-12-11(14)13-10(8)9-5-3-2-4-6-9/h5,7H,2-4,6H2,1H3,(H,12,13,14). The third-order valence-corrected chi connectivity index (χ3v) is 2.61. The Morgan fingerprint density at radius 2 is 2.29 bits per heavy atom. The lowest BCUT2D eigenvalue weighted by Gasteiger charge is -2.13. The summed E-state index contributed by atoms with van der Waals surface area (Å²) in [6.45, 7) is 1.98. The number of H-pyrrole nitrogens is 1. The summed E-state index contributed by atoms with van der Waals surface area (Å²) >= 11 is 0. The van der Waals surface area contributed by atoms with Crippen LogP contribution in [-0.4, -0.2) is 9.97 Å². The van der Waals surface area contributed by atoms with E-state index in [1.165, 1.54) is 18.4 Å². The van der Waals surface area contributed by atoms with Crippen molar-refractivity contribution in [2.75, 3.05) is 0 Å². The lowest BCUT2D eigenvalue weighted by molar-refractivity contribution is 0.738. The lowest BCUT2D eigenvalue weighted by atomic mass is 9.95. The van der Waals surface area contributed by atoms with Crippen molar-refractivity contribution < 1.29 is 0 Å². The van der Waals surface area contributed by atoms with Gasteiger partial charge in [-0.05, 0) is 43.7 Å². The summed E-state index contributed by atoms with van der Waals surface area (Å²) in [4.78, 5) is 17.6. The molecule has 0 saturated heterocycles. The van der Waals surface area contributed by atoms with Crippen molar-refractivity contribution in [3.63, 3.8) is 0 Å². The molecule has 1 N–H and O–H groups in total. The van der Waals surface area contributed by atoms with Gasteiger partial charge in [0, 0.05) is 11.9 Å². The molecule has 2 rings (SSSR count). The van der Waals surface area contributed by atoms with Crippen molar-refractivity contribution in [3.8, 4) is 0 Å². The molecule has 1 heterocycles. The smallest absolute Gasteiger partial charge is 0.305 e. The Morgan fingerprint density at radius 3 is 3.00 bits per heavy atom. The van der Waals surface area contributed by atoms with E-state index in [2.05, 4.69) is 16.0 Å². The highest BCUT2D eigenvalue weighted by Crippen LogP contribution is 2.26. The largest absolute Gasteiger partial charge is 0.345 e. The van der Waals surface area contributed by atoms with Crippen molar-refractivity contribution >= 4 is 5.57 Å². The van der Waals surface area contributed by atoms with Gasteiger partial charge in [-0.2, -0.15) is 0 Å². The van der Waals surface area contributed by atoms with Crippen LogP contribution in [0.4, 0.5) is 0 Å². The summed E-state index contributed by atoms with van der Waals surface area (Å²) in [5.74, 6) is 0. The van der Waals surface area contributed by atoms with Gasteiger partial charge in [-0.25, -0.2) is 9.78 Å². The van der Waals surface area contributed by atoms with Gasteiger partial charge in [0.05, 0.1) is 0 Å². The number of aromatic amines is 1. The number of nitrogens with zero attached hydrogens (tertiary/aromatic N) is 1. The van der Waals surface area contributed by atoms with Crippen molar-refractivity contribution in [1.82, 2.24) is 9.97 Å². The van der Waals surface area contributed by atoms with Crippen LogP contribution in [0.2, 0.25) is 0 Å². The Bertz CT molecular complexity index is 418. The van der Waals surface area contributed by atoms with E-state index in [4.69, 9.17) is 0 Å². The number of allylic oxidation sites excluding steroid dienone is 2. The number of aryl methyl sites for hydroxylation is 1. The Labute approximate surface area is 82.9 Å². The normalized spacial score (nSPS) is 16.5. The van der Waals surface area contributed by atoms with Gasteiger partial charge in [-0.1, -0.05) is 6.08 Å². The van der Waals surface area contributed by atoms with E-state index in [1.54, 1.807) is 6.20 Å². The van der Waals surface area contributed by atoms with E-state index >= 15 is 0 Å². The molecule has 0 fully saturated rings. The average Bonchev–Trinajstić information content (AvgIpc) is 2.23. The predicted molar refractivity (Wildman–Crippen MR) is 56.0 cm³/mol. The van der Waals surface area contributed by atoms with Gasteiger partial charge >= 0.3 is 5.69 Å². The van der Waals surface area contributed by atoms with Gasteiger partial charge in [-0.3, -0.25) is 0 Å². The molecule has 0 aromatic carbocycles. The van der Waals surface area contributed by atoms with Crippen LogP contribution < -0.4 is 5.69 Å². The molecule has 3 nitrogen and oxygen atoms in total. The van der Waals surface area contributed by atoms with Crippen molar-refractivity contribution in [3.05, 3.63) is 34.0 Å². The minimum Gasteiger partial charge on any atom is -0.305 e. The van der Waals surface area contributed by atoms with Crippen molar-refractivity contribution in [2.24, 2.45) is 0 Å². The van der Waals surface area contributed by atoms with E-state index in [-0.39, 0.29) is 5.69 Å². The minimum absolute atomic E-state index is 0.253. The second-order valence-electron chi connectivity index (χ2n) is 3.72. The van der Waals surface area contributed by atoms with Crippen LogP contribution in [0.1, 0.15) is 36.9 Å². The van der Waals surface area contributed by atoms with Crippen LogP contribution in [0, 0.1) is 6.92 Å². The summed E-state index contributed by atoms with van der Waals surface area (Å²) in [7, 11) is 0. The molecule has 0 radical (unpaired) electrons. The molecular weight excluding hydrogens is 176 g/mol. The first-order chi connectivity index (χ1) is 6.77. The maximum Gasteiger partial charge on any atom is 0.345 e. The van der Waals surface area contributed by atoms with Crippen LogP contribution in [0.3, 0.4) is 0 Å². The number of hydrogen-bond donors (Lipinski definition) is 1. The van der Waals surface area contributed by atoms with Gasteiger partial charge in [0.1, 0.15) is 0 Å². The molecule has 0 bridgehead atoms. The molecule has 1 aromatic rings. The molecule has 14 heavy (non-hydrogen) atoms. The van der Waals surface area contributed by atoms with E-state index in [1.807, 2.05) is 6.92 Å². The SMILES string of the molecule is Cc1cnc(=O)[nH]c1C1=CCCCC1. The zero-order valence-corrected chi connectivity index (χ0v) is 8.34. The molecule has 1 aliphatic rings. The summed E-state index contributed by atoms with van der Waals surface area (Å²) in [6, 6.07) is 0. The maximum absolute atomic E-state index is 11.1.